The van der Waals surface area contributed by atoms with Crippen molar-refractivity contribution in [3.05, 3.63) is 0 Å². The van der Waals surface area contributed by atoms with E-state index in [9.17, 15) is 9.59 Å². The molecule has 0 rings (SSSR count). The normalized spacial score (nSPS) is 12.2. The fourth-order valence-corrected chi connectivity index (χ4v) is 0.707. The predicted molar refractivity (Wildman–Crippen MR) is 41.6 cm³/mol. The van der Waals surface area contributed by atoms with E-state index < -0.39 is 18.0 Å². The van der Waals surface area contributed by atoms with E-state index in [-0.39, 0.29) is 6.42 Å². The third kappa shape index (κ3) is 4.78. The Morgan fingerprint density at radius 1 is 1.64 bits per heavy atom. The first kappa shape index (κ1) is 10.4. The Morgan fingerprint density at radius 2 is 2.18 bits per heavy atom. The van der Waals surface area contributed by atoms with Gasteiger partial charge in [0.25, 0.3) is 0 Å². The van der Waals surface area contributed by atoms with Crippen molar-refractivity contribution in [1.29, 1.82) is 0 Å². The fraction of sp³-hybridized carbons (Fsp3) is 0.667. The van der Waals surface area contributed by atoms with Crippen molar-refractivity contribution in [2.75, 3.05) is 5.33 Å². The molecule has 0 radical (unpaired) electrons. The smallest absolute Gasteiger partial charge is 0.344 e. The van der Waals surface area contributed by atoms with Crippen LogP contribution in [0.1, 0.15) is 13.3 Å². The molecule has 0 aliphatic carbocycles. The Bertz CT molecular complexity index is 157. The highest BCUT2D eigenvalue weighted by Gasteiger charge is 2.14. The number of carboxylic acid groups (broad SMARTS) is 1. The van der Waals surface area contributed by atoms with Crippen molar-refractivity contribution < 1.29 is 19.4 Å². The number of rotatable bonds is 4. The molecule has 0 saturated carbocycles. The highest BCUT2D eigenvalue weighted by atomic mass is 79.9. The molecule has 0 bridgehead atoms. The van der Waals surface area contributed by atoms with Crippen LogP contribution in [0.15, 0.2) is 0 Å². The fourth-order valence-electron chi connectivity index (χ4n) is 0.384. The van der Waals surface area contributed by atoms with E-state index in [4.69, 9.17) is 5.11 Å². The lowest BCUT2D eigenvalue weighted by Gasteiger charge is -2.06. The number of carbonyl (C=O) groups excluding carboxylic acids is 1. The molecule has 0 aliphatic rings. The van der Waals surface area contributed by atoms with Crippen LogP contribution in [0.5, 0.6) is 0 Å². The van der Waals surface area contributed by atoms with Gasteiger partial charge in [0.05, 0.1) is 6.42 Å². The molecule has 64 valence electrons. The standard InChI is InChI=1S/C6H9BrO4/c1-4(6(9)10)11-5(8)2-3-7/h4H,2-3H2,1H3,(H,9,10). The molecule has 0 aliphatic heterocycles. The number of carboxylic acids is 1. The molecule has 0 saturated heterocycles. The number of aliphatic carboxylic acids is 1. The van der Waals surface area contributed by atoms with E-state index in [0.29, 0.717) is 5.33 Å². The number of esters is 1. The van der Waals surface area contributed by atoms with Gasteiger partial charge < -0.3 is 9.84 Å². The maximum absolute atomic E-state index is 10.6. The van der Waals surface area contributed by atoms with E-state index in [1.54, 1.807) is 0 Å². The van der Waals surface area contributed by atoms with Gasteiger partial charge in [0.15, 0.2) is 6.10 Å². The summed E-state index contributed by atoms with van der Waals surface area (Å²) in [5.74, 6) is -1.63. The first-order valence-electron chi connectivity index (χ1n) is 3.06. The predicted octanol–water partition coefficient (Wildman–Crippen LogP) is 0.788. The first-order chi connectivity index (χ1) is 5.07. The highest BCUT2D eigenvalue weighted by molar-refractivity contribution is 9.09. The minimum atomic E-state index is -1.13. The lowest BCUT2D eigenvalue weighted by molar-refractivity contribution is -0.162. The molecule has 5 heteroatoms. The van der Waals surface area contributed by atoms with Crippen molar-refractivity contribution in [1.82, 2.24) is 0 Å². The quantitative estimate of drug-likeness (QED) is 0.567. The summed E-state index contributed by atoms with van der Waals surface area (Å²) in [5.41, 5.74) is 0. The van der Waals surface area contributed by atoms with Gasteiger partial charge in [-0.1, -0.05) is 15.9 Å². The van der Waals surface area contributed by atoms with E-state index >= 15 is 0 Å². The summed E-state index contributed by atoms with van der Waals surface area (Å²) in [5, 5.41) is 8.79. The maximum atomic E-state index is 10.6. The van der Waals surface area contributed by atoms with Gasteiger partial charge in [0.2, 0.25) is 0 Å². The Balaban J connectivity index is 3.66. The minimum absolute atomic E-state index is 0.192. The van der Waals surface area contributed by atoms with Crippen LogP contribution in [0.4, 0.5) is 0 Å². The summed E-state index contributed by atoms with van der Waals surface area (Å²) >= 11 is 3.03. The van der Waals surface area contributed by atoms with Gasteiger partial charge in [0, 0.05) is 5.33 Å². The van der Waals surface area contributed by atoms with E-state index in [2.05, 4.69) is 20.7 Å². The Morgan fingerprint density at radius 3 is 2.55 bits per heavy atom. The van der Waals surface area contributed by atoms with Gasteiger partial charge in [-0.3, -0.25) is 4.79 Å². The Labute approximate surface area is 72.7 Å². The second-order valence-corrected chi connectivity index (χ2v) is 2.70. The van der Waals surface area contributed by atoms with Gasteiger partial charge in [-0.25, -0.2) is 4.79 Å². The van der Waals surface area contributed by atoms with Crippen molar-refractivity contribution in [3.63, 3.8) is 0 Å². The Kier molecular flexibility index (Phi) is 4.85. The van der Waals surface area contributed by atoms with Crippen LogP contribution in [-0.4, -0.2) is 28.5 Å². The van der Waals surface area contributed by atoms with Crippen LogP contribution in [-0.2, 0) is 14.3 Å². The molecule has 4 nitrogen and oxygen atoms in total. The number of carbonyl (C=O) groups is 2. The van der Waals surface area contributed by atoms with Crippen molar-refractivity contribution >= 4 is 27.9 Å². The molecule has 0 spiro atoms. The van der Waals surface area contributed by atoms with Crippen LogP contribution in [0.3, 0.4) is 0 Å². The van der Waals surface area contributed by atoms with Crippen LogP contribution >= 0.6 is 15.9 Å². The number of hydrogen-bond acceptors (Lipinski definition) is 3. The summed E-state index contributed by atoms with van der Waals surface area (Å²) < 4.78 is 4.48. The molecule has 11 heavy (non-hydrogen) atoms. The summed E-state index contributed by atoms with van der Waals surface area (Å²) in [6.07, 6.45) is -0.862. The maximum Gasteiger partial charge on any atom is 0.344 e. The largest absolute Gasteiger partial charge is 0.479 e. The van der Waals surface area contributed by atoms with Gasteiger partial charge in [0.1, 0.15) is 0 Å². The van der Waals surface area contributed by atoms with Gasteiger partial charge >= 0.3 is 11.9 Å². The zero-order valence-corrected chi connectivity index (χ0v) is 7.63. The molecular formula is C6H9BrO4. The SMILES string of the molecule is CC(OC(=O)CCBr)C(=O)O. The van der Waals surface area contributed by atoms with Crippen LogP contribution < -0.4 is 0 Å². The van der Waals surface area contributed by atoms with Crippen LogP contribution in [0, 0.1) is 0 Å². The van der Waals surface area contributed by atoms with Gasteiger partial charge in [-0.15, -0.1) is 0 Å². The topological polar surface area (TPSA) is 63.6 Å². The Hall–Kier alpha value is -0.580. The van der Waals surface area contributed by atoms with Crippen molar-refractivity contribution in [2.45, 2.75) is 19.4 Å². The average molecular weight is 225 g/mol. The molecule has 0 aromatic rings. The second-order valence-electron chi connectivity index (χ2n) is 1.91. The second kappa shape index (κ2) is 5.12. The zero-order chi connectivity index (χ0) is 8.85. The first-order valence-corrected chi connectivity index (χ1v) is 4.18. The van der Waals surface area contributed by atoms with Gasteiger partial charge in [-0.05, 0) is 6.92 Å². The van der Waals surface area contributed by atoms with Crippen LogP contribution in [0.2, 0.25) is 0 Å². The molecule has 0 aromatic carbocycles. The van der Waals surface area contributed by atoms with Crippen molar-refractivity contribution in [3.8, 4) is 0 Å². The third-order valence-electron chi connectivity index (χ3n) is 0.955. The molecule has 1 N–H and O–H groups in total. The highest BCUT2D eigenvalue weighted by Crippen LogP contribution is 1.96. The van der Waals surface area contributed by atoms with E-state index in [1.807, 2.05) is 0 Å². The zero-order valence-electron chi connectivity index (χ0n) is 6.04. The number of alkyl halides is 1. The van der Waals surface area contributed by atoms with E-state index in [1.165, 1.54) is 6.92 Å². The summed E-state index contributed by atoms with van der Waals surface area (Å²) in [6.45, 7) is 1.31. The van der Waals surface area contributed by atoms with Crippen molar-refractivity contribution in [2.24, 2.45) is 0 Å². The summed E-state index contributed by atoms with van der Waals surface area (Å²) in [4.78, 5) is 20.8. The number of hydrogen-bond donors (Lipinski definition) is 1. The molecular weight excluding hydrogens is 216 g/mol. The van der Waals surface area contributed by atoms with Crippen LogP contribution in [0.25, 0.3) is 0 Å². The number of halogens is 1. The molecule has 0 aromatic heterocycles. The molecule has 0 fully saturated rings. The monoisotopic (exact) mass is 224 g/mol. The molecule has 0 amide bonds. The van der Waals surface area contributed by atoms with Gasteiger partial charge in [-0.2, -0.15) is 0 Å². The summed E-state index contributed by atoms with van der Waals surface area (Å²) in [6, 6.07) is 0. The number of ether oxygens (including phenoxy) is 1. The average Bonchev–Trinajstić information content (AvgIpc) is 1.87. The summed E-state index contributed by atoms with van der Waals surface area (Å²) in [7, 11) is 0. The molecule has 1 atom stereocenters. The third-order valence-corrected chi connectivity index (χ3v) is 1.35. The molecule has 0 heterocycles. The lowest BCUT2D eigenvalue weighted by Crippen LogP contribution is -2.23. The minimum Gasteiger partial charge on any atom is -0.479 e. The molecule has 1 unspecified atom stereocenters. The van der Waals surface area contributed by atoms with E-state index in [0.717, 1.165) is 0 Å². The lowest BCUT2D eigenvalue weighted by atomic mass is 10.4.